The van der Waals surface area contributed by atoms with Crippen LogP contribution in [0.15, 0.2) is 42.7 Å². The number of benzene rings is 1. The Kier molecular flexibility index (Phi) is 5.68. The van der Waals surface area contributed by atoms with E-state index in [1.165, 1.54) is 6.07 Å². The van der Waals surface area contributed by atoms with Gasteiger partial charge in [-0.3, -0.25) is 14.8 Å². The standard InChI is InChI=1S/C22H20ClF3N2O/c1-21(2,3)20-14(12-28-18-5-4-15(23)11-17(18)20)10-16(29)8-13-6-7-27-19(9-13)22(24,25)26/h4-7,9,11-12H,8,10H2,1-3H3. The first-order valence-corrected chi connectivity index (χ1v) is 9.44. The molecule has 0 saturated heterocycles. The fourth-order valence-corrected chi connectivity index (χ4v) is 3.64. The molecular weight excluding hydrogens is 401 g/mol. The summed E-state index contributed by atoms with van der Waals surface area (Å²) in [6.07, 6.45) is -1.83. The molecule has 0 aliphatic carbocycles. The van der Waals surface area contributed by atoms with Crippen molar-refractivity contribution >= 4 is 28.3 Å². The number of nitrogens with zero attached hydrogens (tertiary/aromatic N) is 2. The Morgan fingerprint density at radius 1 is 1.03 bits per heavy atom. The first-order chi connectivity index (χ1) is 13.4. The second-order valence-corrected chi connectivity index (χ2v) is 8.45. The molecule has 7 heteroatoms. The molecule has 0 unspecified atom stereocenters. The summed E-state index contributed by atoms with van der Waals surface area (Å²) in [5.41, 5.74) is 1.50. The molecule has 0 spiro atoms. The molecule has 0 saturated carbocycles. The van der Waals surface area contributed by atoms with E-state index in [4.69, 9.17) is 11.6 Å². The predicted octanol–water partition coefficient (Wildman–Crippen LogP) is 5.95. The Hall–Kier alpha value is -2.47. The summed E-state index contributed by atoms with van der Waals surface area (Å²) in [5.74, 6) is -0.196. The number of carbonyl (C=O) groups is 1. The third-order valence-electron chi connectivity index (χ3n) is 4.56. The van der Waals surface area contributed by atoms with Crippen LogP contribution in [-0.4, -0.2) is 15.8 Å². The molecule has 3 nitrogen and oxygen atoms in total. The van der Waals surface area contributed by atoms with Crippen LogP contribution in [0.3, 0.4) is 0 Å². The van der Waals surface area contributed by atoms with Crippen molar-refractivity contribution in [1.29, 1.82) is 0 Å². The molecule has 2 aromatic heterocycles. The lowest BCUT2D eigenvalue weighted by atomic mass is 9.80. The van der Waals surface area contributed by atoms with E-state index in [0.717, 1.165) is 34.3 Å². The highest BCUT2D eigenvalue weighted by atomic mass is 35.5. The van der Waals surface area contributed by atoms with Crippen LogP contribution in [0.4, 0.5) is 13.2 Å². The van der Waals surface area contributed by atoms with Crippen LogP contribution in [0.2, 0.25) is 5.02 Å². The number of rotatable bonds is 4. The minimum absolute atomic E-state index is 0.0751. The van der Waals surface area contributed by atoms with Crippen LogP contribution in [0.25, 0.3) is 10.9 Å². The summed E-state index contributed by atoms with van der Waals surface area (Å²) in [7, 11) is 0. The van der Waals surface area contributed by atoms with Gasteiger partial charge < -0.3 is 0 Å². The molecule has 0 atom stereocenters. The van der Waals surface area contributed by atoms with Gasteiger partial charge in [0.15, 0.2) is 0 Å². The molecule has 152 valence electrons. The van der Waals surface area contributed by atoms with Gasteiger partial charge in [0.1, 0.15) is 11.5 Å². The summed E-state index contributed by atoms with van der Waals surface area (Å²) < 4.78 is 38.6. The van der Waals surface area contributed by atoms with Crippen molar-refractivity contribution in [3.05, 3.63) is 70.1 Å². The number of pyridine rings is 2. The van der Waals surface area contributed by atoms with Gasteiger partial charge in [-0.2, -0.15) is 13.2 Å². The van der Waals surface area contributed by atoms with E-state index < -0.39 is 11.9 Å². The number of fused-ring (bicyclic) bond motifs is 1. The Bertz CT molecular complexity index is 1070. The van der Waals surface area contributed by atoms with Crippen molar-refractivity contribution in [2.75, 3.05) is 0 Å². The number of hydrogen-bond acceptors (Lipinski definition) is 3. The van der Waals surface area contributed by atoms with Gasteiger partial charge in [0, 0.05) is 35.6 Å². The van der Waals surface area contributed by atoms with E-state index in [1.807, 2.05) is 32.9 Å². The third kappa shape index (κ3) is 4.93. The molecular formula is C22H20ClF3N2O. The monoisotopic (exact) mass is 420 g/mol. The molecule has 2 heterocycles. The zero-order chi connectivity index (χ0) is 21.4. The average molecular weight is 421 g/mol. The Morgan fingerprint density at radius 2 is 1.76 bits per heavy atom. The normalized spacial score (nSPS) is 12.4. The van der Waals surface area contributed by atoms with E-state index in [-0.39, 0.29) is 29.6 Å². The second kappa shape index (κ2) is 7.75. The van der Waals surface area contributed by atoms with Crippen molar-refractivity contribution in [2.24, 2.45) is 0 Å². The Labute approximate surface area is 171 Å². The maximum Gasteiger partial charge on any atom is 0.433 e. The molecule has 29 heavy (non-hydrogen) atoms. The summed E-state index contributed by atoms with van der Waals surface area (Å²) in [5, 5.41) is 1.45. The first-order valence-electron chi connectivity index (χ1n) is 9.06. The summed E-state index contributed by atoms with van der Waals surface area (Å²) in [6, 6.07) is 7.76. The number of Topliss-reactive ketones (excluding diaryl/α,β-unsaturated/α-hetero) is 1. The van der Waals surface area contributed by atoms with Gasteiger partial charge in [0.25, 0.3) is 0 Å². The summed E-state index contributed by atoms with van der Waals surface area (Å²) in [4.78, 5) is 20.4. The zero-order valence-corrected chi connectivity index (χ0v) is 17.0. The number of hydrogen-bond donors (Lipinski definition) is 0. The van der Waals surface area contributed by atoms with Crippen molar-refractivity contribution in [1.82, 2.24) is 9.97 Å². The number of alkyl halides is 3. The van der Waals surface area contributed by atoms with Crippen LogP contribution in [0.1, 0.15) is 43.2 Å². The largest absolute Gasteiger partial charge is 0.433 e. The molecule has 3 rings (SSSR count). The highest BCUT2D eigenvalue weighted by Gasteiger charge is 2.32. The van der Waals surface area contributed by atoms with E-state index in [9.17, 15) is 18.0 Å². The van der Waals surface area contributed by atoms with Gasteiger partial charge >= 0.3 is 6.18 Å². The molecule has 0 N–H and O–H groups in total. The van der Waals surface area contributed by atoms with Crippen molar-refractivity contribution in [2.45, 2.75) is 45.2 Å². The molecule has 0 fully saturated rings. The van der Waals surface area contributed by atoms with Gasteiger partial charge in [0.05, 0.1) is 5.52 Å². The number of ketones is 1. The minimum Gasteiger partial charge on any atom is -0.299 e. The number of aromatic nitrogens is 2. The van der Waals surface area contributed by atoms with Gasteiger partial charge in [-0.05, 0) is 52.4 Å². The van der Waals surface area contributed by atoms with Gasteiger partial charge in [0.2, 0.25) is 0 Å². The predicted molar refractivity (Wildman–Crippen MR) is 107 cm³/mol. The average Bonchev–Trinajstić information content (AvgIpc) is 2.59. The van der Waals surface area contributed by atoms with Crippen LogP contribution >= 0.6 is 11.6 Å². The van der Waals surface area contributed by atoms with Crippen LogP contribution < -0.4 is 0 Å². The maximum atomic E-state index is 12.9. The highest BCUT2D eigenvalue weighted by Crippen LogP contribution is 2.34. The van der Waals surface area contributed by atoms with Crippen molar-refractivity contribution in [3.63, 3.8) is 0 Å². The van der Waals surface area contributed by atoms with E-state index in [1.54, 1.807) is 12.3 Å². The van der Waals surface area contributed by atoms with E-state index in [2.05, 4.69) is 9.97 Å². The molecule has 3 aromatic rings. The molecule has 0 aliphatic heterocycles. The lowest BCUT2D eigenvalue weighted by Crippen LogP contribution is -2.18. The SMILES string of the molecule is CC(C)(C)c1c(CC(=O)Cc2ccnc(C(F)(F)F)c2)cnc2ccc(Cl)cc12. The summed E-state index contributed by atoms with van der Waals surface area (Å²) in [6.45, 7) is 6.11. The van der Waals surface area contributed by atoms with Gasteiger partial charge in [-0.1, -0.05) is 32.4 Å². The van der Waals surface area contributed by atoms with Crippen molar-refractivity contribution in [3.8, 4) is 0 Å². The Balaban J connectivity index is 1.93. The van der Waals surface area contributed by atoms with Crippen LogP contribution in [0.5, 0.6) is 0 Å². The summed E-state index contributed by atoms with van der Waals surface area (Å²) >= 11 is 6.17. The molecule has 0 amide bonds. The third-order valence-corrected chi connectivity index (χ3v) is 4.80. The van der Waals surface area contributed by atoms with Crippen molar-refractivity contribution < 1.29 is 18.0 Å². The van der Waals surface area contributed by atoms with E-state index in [0.29, 0.717) is 5.02 Å². The maximum absolute atomic E-state index is 12.9. The number of halogens is 4. The van der Waals surface area contributed by atoms with Gasteiger partial charge in [-0.15, -0.1) is 0 Å². The lowest BCUT2D eigenvalue weighted by Gasteiger charge is -2.25. The fraction of sp³-hybridized carbons (Fsp3) is 0.318. The van der Waals surface area contributed by atoms with E-state index >= 15 is 0 Å². The second-order valence-electron chi connectivity index (χ2n) is 8.01. The quantitative estimate of drug-likeness (QED) is 0.523. The molecule has 0 aliphatic rings. The first kappa shape index (κ1) is 21.2. The molecule has 0 radical (unpaired) electrons. The zero-order valence-electron chi connectivity index (χ0n) is 16.3. The lowest BCUT2D eigenvalue weighted by molar-refractivity contribution is -0.141. The van der Waals surface area contributed by atoms with Crippen LogP contribution in [-0.2, 0) is 29.2 Å². The van der Waals surface area contributed by atoms with Gasteiger partial charge in [-0.25, -0.2) is 0 Å². The molecule has 0 bridgehead atoms. The smallest absolute Gasteiger partial charge is 0.299 e. The molecule has 1 aromatic carbocycles. The van der Waals surface area contributed by atoms with Crippen LogP contribution in [0, 0.1) is 0 Å². The highest BCUT2D eigenvalue weighted by molar-refractivity contribution is 6.31. The fourth-order valence-electron chi connectivity index (χ4n) is 3.47. The minimum atomic E-state index is -4.54. The topological polar surface area (TPSA) is 42.9 Å². The number of carbonyl (C=O) groups excluding carboxylic acids is 1. The Morgan fingerprint density at radius 3 is 2.41 bits per heavy atom.